The minimum Gasteiger partial charge on any atom is -0.383 e. The number of nitrogens with one attached hydrogen (secondary N) is 1. The quantitative estimate of drug-likeness (QED) is 0.808. The maximum absolute atomic E-state index is 12.2. The summed E-state index contributed by atoms with van der Waals surface area (Å²) in [7, 11) is 1.66. The monoisotopic (exact) mass is 253 g/mol. The number of hydrogen-bond acceptors (Lipinski definition) is 4. The van der Waals surface area contributed by atoms with Gasteiger partial charge in [-0.05, 0) is 20.3 Å². The highest BCUT2D eigenvalue weighted by atomic mass is 16.5. The molecule has 0 fully saturated rings. The first kappa shape index (κ1) is 14.7. The second-order valence-electron chi connectivity index (χ2n) is 4.67. The van der Waals surface area contributed by atoms with E-state index in [0.717, 1.165) is 12.8 Å². The molecule has 0 saturated heterocycles. The van der Waals surface area contributed by atoms with Crippen molar-refractivity contribution in [2.45, 2.75) is 45.7 Å². The summed E-state index contributed by atoms with van der Waals surface area (Å²) in [5.74, 6) is 0.404. The Labute approximate surface area is 108 Å². The van der Waals surface area contributed by atoms with Gasteiger partial charge in [0.15, 0.2) is 5.82 Å². The average Bonchev–Trinajstić information content (AvgIpc) is 2.32. The van der Waals surface area contributed by atoms with Crippen molar-refractivity contribution in [1.82, 2.24) is 9.55 Å². The number of nitrogens with zero attached hydrogens (tertiary/aromatic N) is 2. The molecule has 1 aromatic rings. The van der Waals surface area contributed by atoms with Crippen LogP contribution >= 0.6 is 0 Å². The van der Waals surface area contributed by atoms with Crippen LogP contribution in [0, 0.1) is 0 Å². The zero-order valence-electron chi connectivity index (χ0n) is 11.6. The van der Waals surface area contributed by atoms with Gasteiger partial charge in [-0.2, -0.15) is 0 Å². The second kappa shape index (κ2) is 7.16. The van der Waals surface area contributed by atoms with Crippen molar-refractivity contribution in [3.05, 3.63) is 22.7 Å². The first-order chi connectivity index (χ1) is 8.60. The Morgan fingerprint density at radius 3 is 2.78 bits per heavy atom. The van der Waals surface area contributed by atoms with E-state index in [0.29, 0.717) is 12.4 Å². The van der Waals surface area contributed by atoms with E-state index in [1.807, 2.05) is 13.8 Å². The van der Waals surface area contributed by atoms with Crippen LogP contribution in [-0.4, -0.2) is 29.3 Å². The number of ether oxygens (including phenoxy) is 1. The van der Waals surface area contributed by atoms with Gasteiger partial charge >= 0.3 is 0 Å². The Morgan fingerprint density at radius 2 is 2.22 bits per heavy atom. The molecule has 1 atom stereocenters. The van der Waals surface area contributed by atoms with E-state index in [1.165, 1.54) is 0 Å². The van der Waals surface area contributed by atoms with E-state index in [-0.39, 0.29) is 17.6 Å². The van der Waals surface area contributed by atoms with Gasteiger partial charge in [0.1, 0.15) is 0 Å². The Hall–Kier alpha value is -1.36. The highest BCUT2D eigenvalue weighted by Crippen LogP contribution is 2.06. The third kappa shape index (κ3) is 3.84. The molecule has 1 rings (SSSR count). The number of methoxy groups -OCH3 is 1. The fourth-order valence-electron chi connectivity index (χ4n) is 1.87. The number of rotatable bonds is 7. The molecule has 0 spiro atoms. The minimum atomic E-state index is -0.0790. The van der Waals surface area contributed by atoms with Crippen molar-refractivity contribution in [3.63, 3.8) is 0 Å². The van der Waals surface area contributed by atoms with Gasteiger partial charge in [0.2, 0.25) is 0 Å². The molecule has 18 heavy (non-hydrogen) atoms. The van der Waals surface area contributed by atoms with E-state index in [4.69, 9.17) is 4.74 Å². The van der Waals surface area contributed by atoms with Gasteiger partial charge in [-0.1, -0.05) is 13.3 Å². The van der Waals surface area contributed by atoms with Gasteiger partial charge in [0.25, 0.3) is 5.56 Å². The summed E-state index contributed by atoms with van der Waals surface area (Å²) in [6.45, 7) is 6.63. The molecule has 0 aromatic carbocycles. The van der Waals surface area contributed by atoms with E-state index in [2.05, 4.69) is 17.2 Å². The minimum absolute atomic E-state index is 0.0790. The smallest absolute Gasteiger partial charge is 0.293 e. The highest BCUT2D eigenvalue weighted by Gasteiger charge is 2.12. The van der Waals surface area contributed by atoms with Gasteiger partial charge in [-0.15, -0.1) is 0 Å². The summed E-state index contributed by atoms with van der Waals surface area (Å²) in [6.07, 6.45) is 5.35. The lowest BCUT2D eigenvalue weighted by atomic mass is 10.2. The SMILES string of the molecule is CCCC(COC)Nc1nccn(C(C)C)c1=O. The van der Waals surface area contributed by atoms with Crippen molar-refractivity contribution < 1.29 is 4.74 Å². The molecule has 0 aliphatic carbocycles. The van der Waals surface area contributed by atoms with Gasteiger partial charge in [-0.3, -0.25) is 4.79 Å². The molecule has 0 aliphatic rings. The number of anilines is 1. The average molecular weight is 253 g/mol. The van der Waals surface area contributed by atoms with Crippen molar-refractivity contribution in [2.75, 3.05) is 19.0 Å². The molecule has 5 nitrogen and oxygen atoms in total. The van der Waals surface area contributed by atoms with Gasteiger partial charge in [-0.25, -0.2) is 4.98 Å². The van der Waals surface area contributed by atoms with Crippen LogP contribution < -0.4 is 10.9 Å². The van der Waals surface area contributed by atoms with E-state index in [9.17, 15) is 4.79 Å². The summed E-state index contributed by atoms with van der Waals surface area (Å²) in [5, 5.41) is 3.17. The van der Waals surface area contributed by atoms with E-state index < -0.39 is 0 Å². The molecule has 5 heteroatoms. The highest BCUT2D eigenvalue weighted by molar-refractivity contribution is 5.32. The van der Waals surface area contributed by atoms with Crippen LogP contribution in [0.2, 0.25) is 0 Å². The van der Waals surface area contributed by atoms with Crippen LogP contribution in [0.3, 0.4) is 0 Å². The molecule has 0 bridgehead atoms. The third-order valence-corrected chi connectivity index (χ3v) is 2.77. The number of aromatic nitrogens is 2. The van der Waals surface area contributed by atoms with Crippen molar-refractivity contribution in [1.29, 1.82) is 0 Å². The maximum atomic E-state index is 12.2. The van der Waals surface area contributed by atoms with Crippen LogP contribution in [0.15, 0.2) is 17.2 Å². The Kier molecular flexibility index (Phi) is 5.85. The summed E-state index contributed by atoms with van der Waals surface area (Å²) in [5.41, 5.74) is -0.0790. The molecule has 0 saturated carbocycles. The summed E-state index contributed by atoms with van der Waals surface area (Å²) >= 11 is 0. The fraction of sp³-hybridized carbons (Fsp3) is 0.692. The molecule has 0 amide bonds. The predicted molar refractivity (Wildman–Crippen MR) is 73.1 cm³/mol. The van der Waals surface area contributed by atoms with Crippen LogP contribution in [0.25, 0.3) is 0 Å². The third-order valence-electron chi connectivity index (χ3n) is 2.77. The molecule has 1 unspecified atom stereocenters. The summed E-state index contributed by atoms with van der Waals surface area (Å²) < 4.78 is 6.82. The van der Waals surface area contributed by atoms with E-state index in [1.54, 1.807) is 24.1 Å². The topological polar surface area (TPSA) is 56.1 Å². The zero-order valence-corrected chi connectivity index (χ0v) is 11.6. The predicted octanol–water partition coefficient (Wildman–Crippen LogP) is 2.05. The Balaban J connectivity index is 2.89. The maximum Gasteiger partial charge on any atom is 0.293 e. The normalized spacial score (nSPS) is 12.7. The first-order valence-electron chi connectivity index (χ1n) is 6.42. The molecular weight excluding hydrogens is 230 g/mol. The van der Waals surface area contributed by atoms with Gasteiger partial charge in [0, 0.05) is 25.5 Å². The Bertz CT molecular complexity index is 409. The van der Waals surface area contributed by atoms with E-state index >= 15 is 0 Å². The lowest BCUT2D eigenvalue weighted by Crippen LogP contribution is -2.32. The van der Waals surface area contributed by atoms with Crippen molar-refractivity contribution in [2.24, 2.45) is 0 Å². The molecule has 1 N–H and O–H groups in total. The first-order valence-corrected chi connectivity index (χ1v) is 6.42. The Morgan fingerprint density at radius 1 is 1.50 bits per heavy atom. The number of hydrogen-bond donors (Lipinski definition) is 1. The molecule has 0 radical (unpaired) electrons. The molecule has 1 heterocycles. The summed E-state index contributed by atoms with van der Waals surface area (Å²) in [4.78, 5) is 16.3. The molecule has 102 valence electrons. The van der Waals surface area contributed by atoms with Crippen LogP contribution in [0.4, 0.5) is 5.82 Å². The lowest BCUT2D eigenvalue weighted by molar-refractivity contribution is 0.182. The molecular formula is C13H23N3O2. The van der Waals surface area contributed by atoms with Crippen LogP contribution in [0.1, 0.15) is 39.7 Å². The van der Waals surface area contributed by atoms with Crippen molar-refractivity contribution >= 4 is 5.82 Å². The molecule has 1 aromatic heterocycles. The lowest BCUT2D eigenvalue weighted by Gasteiger charge is -2.18. The summed E-state index contributed by atoms with van der Waals surface area (Å²) in [6, 6.07) is 0.260. The standard InChI is InChI=1S/C13H23N3O2/c1-5-6-11(9-18-4)15-12-13(17)16(10(2)3)8-7-14-12/h7-8,10-11H,5-6,9H2,1-4H3,(H,14,15). The zero-order chi connectivity index (χ0) is 13.5. The second-order valence-corrected chi connectivity index (χ2v) is 4.67. The largest absolute Gasteiger partial charge is 0.383 e. The van der Waals surface area contributed by atoms with Gasteiger partial charge in [0.05, 0.1) is 12.6 Å². The van der Waals surface area contributed by atoms with Crippen molar-refractivity contribution in [3.8, 4) is 0 Å². The van der Waals surface area contributed by atoms with Gasteiger partial charge < -0.3 is 14.6 Å². The van der Waals surface area contributed by atoms with Crippen LogP contribution in [-0.2, 0) is 4.74 Å². The van der Waals surface area contributed by atoms with Crippen LogP contribution in [0.5, 0.6) is 0 Å². The fourth-order valence-corrected chi connectivity index (χ4v) is 1.87. The molecule has 0 aliphatic heterocycles.